The summed E-state index contributed by atoms with van der Waals surface area (Å²) in [5, 5.41) is 4.96. The average molecular weight is 452 g/mol. The van der Waals surface area contributed by atoms with Crippen molar-refractivity contribution in [1.82, 2.24) is 4.90 Å². The van der Waals surface area contributed by atoms with Crippen molar-refractivity contribution in [3.05, 3.63) is 52.9 Å². The number of dihydropyridines is 1. The Morgan fingerprint density at radius 1 is 1.22 bits per heavy atom. The summed E-state index contributed by atoms with van der Waals surface area (Å²) in [6.45, 7) is 0.245. The molecule has 2 heterocycles. The van der Waals surface area contributed by atoms with Crippen LogP contribution in [0.15, 0.2) is 57.9 Å². The van der Waals surface area contributed by atoms with E-state index in [1.165, 1.54) is 23.4 Å². The Morgan fingerprint density at radius 3 is 2.75 bits per heavy atom. The van der Waals surface area contributed by atoms with Gasteiger partial charge < -0.3 is 10.1 Å². The Kier molecular flexibility index (Phi) is 6.20. The summed E-state index contributed by atoms with van der Waals surface area (Å²) in [6, 6.07) is 13.1. The minimum Gasteiger partial charge on any atom is -0.380 e. The molecule has 2 aromatic rings. The topological polar surface area (TPSA) is 91.1 Å². The van der Waals surface area contributed by atoms with Crippen molar-refractivity contribution in [3.63, 3.8) is 0 Å². The molecule has 4 rings (SSSR count). The molecule has 32 heavy (non-hydrogen) atoms. The van der Waals surface area contributed by atoms with Crippen molar-refractivity contribution in [2.45, 2.75) is 0 Å². The highest BCUT2D eigenvalue weighted by atomic mass is 32.2. The lowest BCUT2D eigenvalue weighted by molar-refractivity contribution is -0.407. The zero-order chi connectivity index (χ0) is 22.8. The van der Waals surface area contributed by atoms with E-state index in [2.05, 4.69) is 10.3 Å². The van der Waals surface area contributed by atoms with Crippen molar-refractivity contribution in [2.75, 3.05) is 38.9 Å². The lowest BCUT2D eigenvalue weighted by atomic mass is 9.98. The van der Waals surface area contributed by atoms with Gasteiger partial charge in [-0.05, 0) is 11.5 Å². The quantitative estimate of drug-likeness (QED) is 0.682. The van der Waals surface area contributed by atoms with Crippen molar-refractivity contribution in [1.29, 1.82) is 0 Å². The van der Waals surface area contributed by atoms with E-state index in [-0.39, 0.29) is 24.2 Å². The Morgan fingerprint density at radius 2 is 1.97 bits per heavy atom. The number of carbonyl (C=O) groups is 3. The van der Waals surface area contributed by atoms with E-state index >= 15 is 0 Å². The Balaban J connectivity index is 1.58. The first-order valence-corrected chi connectivity index (χ1v) is 11.0. The maximum Gasteiger partial charge on any atom is 0.445 e. The molecule has 4 amide bonds. The Hall–Kier alpha value is -3.30. The van der Waals surface area contributed by atoms with E-state index in [1.54, 1.807) is 20.4 Å². The van der Waals surface area contributed by atoms with E-state index in [1.807, 2.05) is 42.5 Å². The minimum atomic E-state index is -0.742. The van der Waals surface area contributed by atoms with Crippen LogP contribution in [0.25, 0.3) is 10.8 Å². The molecule has 0 aliphatic carbocycles. The van der Waals surface area contributed by atoms with Crippen molar-refractivity contribution in [3.8, 4) is 0 Å². The number of nitrogens with zero attached hydrogens (tertiary/aromatic N) is 3. The molecule has 164 valence electrons. The summed E-state index contributed by atoms with van der Waals surface area (Å²) >= 11 is 1.26. The number of methoxy groups -OCH3 is 1. The average Bonchev–Trinajstić information content (AvgIpc) is 2.80. The summed E-state index contributed by atoms with van der Waals surface area (Å²) in [5.74, 6) is -0.854. The zero-order valence-electron chi connectivity index (χ0n) is 18.0. The third-order valence-corrected chi connectivity index (χ3v) is 6.62. The number of urea groups is 1. The molecule has 0 fully saturated rings. The number of imide groups is 1. The molecule has 1 N–H and O–H groups in total. The number of nitrogens with one attached hydrogen (secondary N) is 1. The molecule has 0 radical (unpaired) electrons. The number of thioether (sulfide) groups is 1. The standard InChI is InChI=1S/C23H22N4O4S/c1-26-21-19(22(29)27(2)23(26)30)20(15(11-24-21)12-31-3)32-13-18(28)25-17-10-6-8-14-7-4-5-9-16(14)17/h4-11,19H,12-13H2,1-3H3/p+1. The number of amides is 4. The van der Waals surface area contributed by atoms with E-state index in [9.17, 15) is 14.4 Å². The maximum absolute atomic E-state index is 13.0. The number of rotatable bonds is 6. The zero-order valence-corrected chi connectivity index (χ0v) is 18.8. The maximum atomic E-state index is 13.0. The summed E-state index contributed by atoms with van der Waals surface area (Å²) < 4.78 is 6.64. The van der Waals surface area contributed by atoms with Gasteiger partial charge in [-0.1, -0.05) is 36.4 Å². The second-order valence-electron chi connectivity index (χ2n) is 7.47. The summed E-state index contributed by atoms with van der Waals surface area (Å²) in [5.41, 5.74) is 1.45. The predicted molar refractivity (Wildman–Crippen MR) is 125 cm³/mol. The molecule has 0 aromatic heterocycles. The van der Waals surface area contributed by atoms with Crippen molar-refractivity contribution in [2.24, 2.45) is 10.9 Å². The lowest BCUT2D eigenvalue weighted by Crippen LogP contribution is -2.53. The highest BCUT2D eigenvalue weighted by Gasteiger charge is 2.48. The second kappa shape index (κ2) is 9.05. The number of fused-ring (bicyclic) bond motifs is 2. The summed E-state index contributed by atoms with van der Waals surface area (Å²) in [6.07, 6.45) is 1.60. The number of aliphatic imine (C=N–C) groups is 1. The van der Waals surface area contributed by atoms with E-state index in [0.717, 1.165) is 21.4 Å². The highest BCUT2D eigenvalue weighted by molar-refractivity contribution is 8.03. The van der Waals surface area contributed by atoms with Crippen LogP contribution in [0.5, 0.6) is 0 Å². The fraction of sp³-hybridized carbons (Fsp3) is 0.261. The molecule has 0 bridgehead atoms. The van der Waals surface area contributed by atoms with Crippen LogP contribution >= 0.6 is 11.8 Å². The molecule has 0 spiro atoms. The first kappa shape index (κ1) is 21.9. The molecular formula is C23H23N4O4S+. The van der Waals surface area contributed by atoms with Gasteiger partial charge in [0.05, 0.1) is 26.5 Å². The molecule has 0 saturated carbocycles. The van der Waals surface area contributed by atoms with Crippen molar-refractivity contribution >= 4 is 58.1 Å². The molecule has 2 aliphatic rings. The molecule has 0 saturated heterocycles. The van der Waals surface area contributed by atoms with Gasteiger partial charge in [-0.3, -0.25) is 9.59 Å². The van der Waals surface area contributed by atoms with Crippen LogP contribution in [0.3, 0.4) is 0 Å². The SMILES string of the molecule is COCC1=C(SCC(=O)Nc2cccc3ccccc23)C2C(=O)N(C)C(=O)[N+](C)=C2N=C1. The van der Waals surface area contributed by atoms with Crippen molar-refractivity contribution < 1.29 is 23.7 Å². The molecule has 8 nitrogen and oxygen atoms in total. The molecule has 2 aromatic carbocycles. The molecule has 1 atom stereocenters. The van der Waals surface area contributed by atoms with Crippen LogP contribution < -0.4 is 5.32 Å². The van der Waals surface area contributed by atoms with Gasteiger partial charge >= 0.3 is 11.9 Å². The van der Waals surface area contributed by atoms with E-state index < -0.39 is 11.9 Å². The van der Waals surface area contributed by atoms with Crippen LogP contribution in [0.2, 0.25) is 0 Å². The largest absolute Gasteiger partial charge is 0.445 e. The normalized spacial score (nSPS) is 18.5. The number of ether oxygens (including phenoxy) is 1. The number of amidine groups is 1. The number of carbonyl (C=O) groups excluding carboxylic acids is 3. The van der Waals surface area contributed by atoms with Gasteiger partial charge in [0.2, 0.25) is 5.91 Å². The second-order valence-corrected chi connectivity index (χ2v) is 8.49. The van der Waals surface area contributed by atoms with Gasteiger partial charge in [0.1, 0.15) is 6.21 Å². The monoisotopic (exact) mass is 451 g/mol. The number of anilines is 1. The smallest absolute Gasteiger partial charge is 0.380 e. The van der Waals surface area contributed by atoms with Gasteiger partial charge in [-0.2, -0.15) is 9.48 Å². The van der Waals surface area contributed by atoms with Gasteiger partial charge in [-0.15, -0.1) is 16.8 Å². The van der Waals surface area contributed by atoms with E-state index in [0.29, 0.717) is 16.3 Å². The molecule has 2 aliphatic heterocycles. The van der Waals surface area contributed by atoms with Crippen LogP contribution in [0.4, 0.5) is 10.5 Å². The van der Waals surface area contributed by atoms with Gasteiger partial charge in [-0.25, -0.2) is 4.79 Å². The van der Waals surface area contributed by atoms with Gasteiger partial charge in [0.25, 0.3) is 5.84 Å². The summed E-state index contributed by atoms with van der Waals surface area (Å²) in [4.78, 5) is 44.1. The number of hydrogen-bond donors (Lipinski definition) is 1. The Bertz CT molecular complexity index is 1210. The van der Waals surface area contributed by atoms with Crippen LogP contribution in [-0.4, -0.2) is 72.9 Å². The minimum absolute atomic E-state index is 0.0953. The summed E-state index contributed by atoms with van der Waals surface area (Å²) in [7, 11) is 4.59. The third-order valence-electron chi connectivity index (χ3n) is 5.41. The van der Waals surface area contributed by atoms with Crippen LogP contribution in [-0.2, 0) is 14.3 Å². The van der Waals surface area contributed by atoms with Gasteiger partial charge in [0.15, 0.2) is 5.92 Å². The fourth-order valence-electron chi connectivity index (χ4n) is 3.80. The first-order chi connectivity index (χ1) is 15.4. The highest BCUT2D eigenvalue weighted by Crippen LogP contribution is 2.35. The fourth-order valence-corrected chi connectivity index (χ4v) is 4.83. The lowest BCUT2D eigenvalue weighted by Gasteiger charge is -2.28. The van der Waals surface area contributed by atoms with Gasteiger partial charge in [0, 0.05) is 28.7 Å². The number of benzene rings is 2. The molecule has 1 unspecified atom stereocenters. The molecule has 9 heteroatoms. The number of hydrogen-bond acceptors (Lipinski definition) is 6. The first-order valence-electron chi connectivity index (χ1n) is 10.0. The van der Waals surface area contributed by atoms with E-state index in [4.69, 9.17) is 4.74 Å². The predicted octanol–water partition coefficient (Wildman–Crippen LogP) is 2.75. The molecular weight excluding hydrogens is 428 g/mol. The third kappa shape index (κ3) is 3.96. The van der Waals surface area contributed by atoms with Crippen LogP contribution in [0, 0.1) is 5.92 Å². The van der Waals surface area contributed by atoms with Crippen LogP contribution in [0.1, 0.15) is 0 Å². The Labute approximate surface area is 189 Å².